The Bertz CT molecular complexity index is 675. The minimum atomic E-state index is -0.311. The highest BCUT2D eigenvalue weighted by atomic mass is 35.5. The van der Waals surface area contributed by atoms with Crippen LogP contribution in [0.1, 0.15) is 31.0 Å². The first-order valence-electron chi connectivity index (χ1n) is 6.92. The van der Waals surface area contributed by atoms with E-state index in [0.717, 1.165) is 19.4 Å². The number of alkyl halides is 1. The van der Waals surface area contributed by atoms with Gasteiger partial charge in [-0.25, -0.2) is 4.98 Å². The summed E-state index contributed by atoms with van der Waals surface area (Å²) in [6, 6.07) is 7.38. The fourth-order valence-corrected chi connectivity index (χ4v) is 2.82. The molecule has 0 N–H and O–H groups in total. The van der Waals surface area contributed by atoms with Gasteiger partial charge in [-0.2, -0.15) is 0 Å². The number of hydrogen-bond donors (Lipinski definition) is 0. The van der Waals surface area contributed by atoms with Crippen molar-refractivity contribution < 1.29 is 4.74 Å². The van der Waals surface area contributed by atoms with Gasteiger partial charge in [0.15, 0.2) is 0 Å². The lowest BCUT2D eigenvalue weighted by Crippen LogP contribution is -2.30. The van der Waals surface area contributed by atoms with E-state index >= 15 is 0 Å². The van der Waals surface area contributed by atoms with E-state index in [2.05, 4.69) is 4.98 Å². The summed E-state index contributed by atoms with van der Waals surface area (Å²) >= 11 is 6.20. The van der Waals surface area contributed by atoms with Gasteiger partial charge in [0, 0.05) is 6.61 Å². The second-order valence-electron chi connectivity index (χ2n) is 5.15. The molecule has 1 aromatic carbocycles. The normalized spacial score (nSPS) is 20.4. The second kappa shape index (κ2) is 5.54. The van der Waals surface area contributed by atoms with E-state index in [1.807, 2.05) is 25.1 Å². The van der Waals surface area contributed by atoms with Gasteiger partial charge in [-0.05, 0) is 31.9 Å². The van der Waals surface area contributed by atoms with E-state index in [0.29, 0.717) is 23.3 Å². The molecule has 0 aliphatic carbocycles. The van der Waals surface area contributed by atoms with E-state index in [1.165, 1.54) is 0 Å². The summed E-state index contributed by atoms with van der Waals surface area (Å²) in [5, 5.41) is 0.320. The van der Waals surface area contributed by atoms with Crippen LogP contribution in [0.15, 0.2) is 29.1 Å². The summed E-state index contributed by atoms with van der Waals surface area (Å²) in [5.41, 5.74) is 0.664. The number of nitrogens with zero attached hydrogens (tertiary/aromatic N) is 2. The van der Waals surface area contributed by atoms with Crippen LogP contribution in [-0.4, -0.2) is 22.3 Å². The number of ether oxygens (including phenoxy) is 1. The zero-order valence-corrected chi connectivity index (χ0v) is 12.1. The maximum Gasteiger partial charge on any atom is 0.261 e. The first-order valence-corrected chi connectivity index (χ1v) is 7.35. The quantitative estimate of drug-likeness (QED) is 0.817. The molecule has 1 fully saturated rings. The maximum atomic E-state index is 12.7. The molecule has 2 aromatic rings. The van der Waals surface area contributed by atoms with Crippen molar-refractivity contribution in [1.29, 1.82) is 0 Å². The van der Waals surface area contributed by atoms with Crippen LogP contribution in [0, 0.1) is 0 Å². The number of halogens is 1. The molecule has 2 atom stereocenters. The van der Waals surface area contributed by atoms with Crippen molar-refractivity contribution in [3.63, 3.8) is 0 Å². The van der Waals surface area contributed by atoms with Crippen molar-refractivity contribution in [3.05, 3.63) is 40.4 Å². The summed E-state index contributed by atoms with van der Waals surface area (Å²) in [4.78, 5) is 17.2. The molecular weight excluding hydrogens is 276 g/mol. The number of aromatic nitrogens is 2. The van der Waals surface area contributed by atoms with Gasteiger partial charge >= 0.3 is 0 Å². The van der Waals surface area contributed by atoms with Crippen LogP contribution in [0.5, 0.6) is 0 Å². The van der Waals surface area contributed by atoms with E-state index < -0.39 is 0 Å². The number of benzene rings is 1. The Hall–Kier alpha value is -1.39. The molecule has 2 heterocycles. The molecular formula is C15H17ClN2O2. The van der Waals surface area contributed by atoms with Crippen molar-refractivity contribution >= 4 is 22.5 Å². The van der Waals surface area contributed by atoms with Gasteiger partial charge in [-0.3, -0.25) is 9.36 Å². The van der Waals surface area contributed by atoms with Crippen LogP contribution in [0.25, 0.3) is 10.9 Å². The highest BCUT2D eigenvalue weighted by molar-refractivity contribution is 6.20. The maximum absolute atomic E-state index is 12.7. The molecule has 0 bridgehead atoms. The predicted molar refractivity (Wildman–Crippen MR) is 79.2 cm³/mol. The highest BCUT2D eigenvalue weighted by Gasteiger charge is 2.21. The van der Waals surface area contributed by atoms with Crippen LogP contribution < -0.4 is 5.56 Å². The number of fused-ring (bicyclic) bond motifs is 1. The molecule has 5 heteroatoms. The van der Waals surface area contributed by atoms with Crippen LogP contribution in [0.2, 0.25) is 0 Å². The van der Waals surface area contributed by atoms with E-state index in [1.54, 1.807) is 10.6 Å². The molecule has 106 valence electrons. The SMILES string of the molecule is CC(Cl)c1nc2ccccc2c(=O)n1CC1CCCO1. The third-order valence-corrected chi connectivity index (χ3v) is 3.85. The van der Waals surface area contributed by atoms with Gasteiger partial charge < -0.3 is 4.74 Å². The van der Waals surface area contributed by atoms with Crippen molar-refractivity contribution in [1.82, 2.24) is 9.55 Å². The molecule has 1 saturated heterocycles. The summed E-state index contributed by atoms with van der Waals surface area (Å²) in [7, 11) is 0. The molecule has 0 saturated carbocycles. The fraction of sp³-hybridized carbons (Fsp3) is 0.467. The van der Waals surface area contributed by atoms with E-state index in [4.69, 9.17) is 16.3 Å². The third-order valence-electron chi connectivity index (χ3n) is 3.66. The zero-order valence-electron chi connectivity index (χ0n) is 11.4. The molecule has 20 heavy (non-hydrogen) atoms. The smallest absolute Gasteiger partial charge is 0.261 e. The van der Waals surface area contributed by atoms with Gasteiger partial charge in [-0.15, -0.1) is 11.6 Å². The van der Waals surface area contributed by atoms with Gasteiger partial charge in [0.25, 0.3) is 5.56 Å². The number of rotatable bonds is 3. The Morgan fingerprint density at radius 2 is 2.30 bits per heavy atom. The Morgan fingerprint density at radius 1 is 1.50 bits per heavy atom. The Labute approximate surface area is 122 Å². The standard InChI is InChI=1S/C15H17ClN2O2/c1-10(16)14-17-13-7-3-2-6-12(13)15(19)18(14)9-11-5-4-8-20-11/h2-3,6-7,10-11H,4-5,8-9H2,1H3. The van der Waals surface area contributed by atoms with Crippen molar-refractivity contribution in [3.8, 4) is 0 Å². The van der Waals surface area contributed by atoms with Crippen LogP contribution >= 0.6 is 11.6 Å². The van der Waals surface area contributed by atoms with Gasteiger partial charge in [0.2, 0.25) is 0 Å². The molecule has 0 spiro atoms. The molecule has 0 radical (unpaired) electrons. The van der Waals surface area contributed by atoms with Crippen molar-refractivity contribution in [2.75, 3.05) is 6.61 Å². The lowest BCUT2D eigenvalue weighted by Gasteiger charge is -2.17. The third kappa shape index (κ3) is 2.45. The largest absolute Gasteiger partial charge is 0.376 e. The lowest BCUT2D eigenvalue weighted by molar-refractivity contribution is 0.0952. The van der Waals surface area contributed by atoms with Gasteiger partial charge in [0.1, 0.15) is 5.82 Å². The van der Waals surface area contributed by atoms with Gasteiger partial charge in [-0.1, -0.05) is 12.1 Å². The average Bonchev–Trinajstić information content (AvgIpc) is 2.94. The topological polar surface area (TPSA) is 44.1 Å². The van der Waals surface area contributed by atoms with Crippen molar-refractivity contribution in [2.24, 2.45) is 0 Å². The van der Waals surface area contributed by atoms with Crippen LogP contribution in [0.4, 0.5) is 0 Å². The molecule has 2 unspecified atom stereocenters. The number of hydrogen-bond acceptors (Lipinski definition) is 3. The molecule has 0 amide bonds. The van der Waals surface area contributed by atoms with Gasteiger partial charge in [0.05, 0.1) is 28.9 Å². The minimum absolute atomic E-state index is 0.0337. The average molecular weight is 293 g/mol. The monoisotopic (exact) mass is 292 g/mol. The zero-order chi connectivity index (χ0) is 14.1. The van der Waals surface area contributed by atoms with Crippen molar-refractivity contribution in [2.45, 2.75) is 37.8 Å². The summed E-state index contributed by atoms with van der Waals surface area (Å²) in [6.07, 6.45) is 2.12. The van der Waals surface area contributed by atoms with Crippen LogP contribution in [-0.2, 0) is 11.3 Å². The summed E-state index contributed by atoms with van der Waals surface area (Å²) in [6.45, 7) is 3.14. The summed E-state index contributed by atoms with van der Waals surface area (Å²) < 4.78 is 7.30. The van der Waals surface area contributed by atoms with E-state index in [9.17, 15) is 4.79 Å². The van der Waals surface area contributed by atoms with E-state index in [-0.39, 0.29) is 17.0 Å². The molecule has 1 aromatic heterocycles. The Morgan fingerprint density at radius 3 is 3.00 bits per heavy atom. The molecule has 1 aliphatic rings. The van der Waals surface area contributed by atoms with Crippen LogP contribution in [0.3, 0.4) is 0 Å². The first kappa shape index (κ1) is 13.6. The predicted octanol–water partition coefficient (Wildman–Crippen LogP) is 2.88. The molecule has 1 aliphatic heterocycles. The minimum Gasteiger partial charge on any atom is -0.376 e. The number of para-hydroxylation sites is 1. The Balaban J connectivity index is 2.13. The fourth-order valence-electron chi connectivity index (χ4n) is 2.66. The summed E-state index contributed by atoms with van der Waals surface area (Å²) in [5.74, 6) is 0.617. The molecule has 3 rings (SSSR count). The second-order valence-corrected chi connectivity index (χ2v) is 5.81. The highest BCUT2D eigenvalue weighted by Crippen LogP contribution is 2.21. The lowest BCUT2D eigenvalue weighted by atomic mass is 10.2. The Kier molecular flexibility index (Phi) is 3.76. The molecule has 4 nitrogen and oxygen atoms in total. The first-order chi connectivity index (χ1) is 9.66.